The van der Waals surface area contributed by atoms with E-state index in [2.05, 4.69) is 53.3 Å². The summed E-state index contributed by atoms with van der Waals surface area (Å²) in [6, 6.07) is 6.80. The fourth-order valence-electron chi connectivity index (χ4n) is 1.15. The van der Waals surface area contributed by atoms with E-state index < -0.39 is 0 Å². The highest BCUT2D eigenvalue weighted by atomic mass is 79.9. The Kier molecular flexibility index (Phi) is 3.29. The number of hydrogen-bond acceptors (Lipinski definition) is 1. The summed E-state index contributed by atoms with van der Waals surface area (Å²) < 4.78 is 1.18. The Morgan fingerprint density at radius 2 is 2.08 bits per heavy atom. The summed E-state index contributed by atoms with van der Waals surface area (Å²) in [6.45, 7) is 4.26. The predicted molar refractivity (Wildman–Crippen MR) is 56.4 cm³/mol. The number of benzene rings is 1. The second kappa shape index (κ2) is 4.06. The van der Waals surface area contributed by atoms with Crippen LogP contribution in [-0.2, 0) is 0 Å². The highest BCUT2D eigenvalue weighted by Gasteiger charge is 2.06. The van der Waals surface area contributed by atoms with E-state index >= 15 is 0 Å². The van der Waals surface area contributed by atoms with Crippen molar-refractivity contribution in [2.45, 2.75) is 19.9 Å². The third-order valence-electron chi connectivity index (χ3n) is 2.05. The van der Waals surface area contributed by atoms with Gasteiger partial charge in [0.1, 0.15) is 0 Å². The monoisotopic (exact) mass is 227 g/mol. The molecule has 0 saturated heterocycles. The van der Waals surface area contributed by atoms with Gasteiger partial charge in [0.2, 0.25) is 0 Å². The Balaban J connectivity index is 3.04. The van der Waals surface area contributed by atoms with Crippen LogP contribution < -0.4 is 5.32 Å². The smallest absolute Gasteiger partial charge is 0.0300 e. The molecule has 1 rings (SSSR count). The lowest BCUT2D eigenvalue weighted by Gasteiger charge is -2.13. The van der Waals surface area contributed by atoms with Gasteiger partial charge in [0, 0.05) is 10.5 Å². The molecule has 0 radical (unpaired) electrons. The maximum absolute atomic E-state index is 3.53. The molecule has 1 unspecified atom stereocenters. The fourth-order valence-corrected chi connectivity index (χ4v) is 1.74. The molecular formula is C10H14BrN. The van der Waals surface area contributed by atoms with Crippen molar-refractivity contribution >= 4 is 15.9 Å². The zero-order chi connectivity index (χ0) is 9.14. The number of hydrogen-bond donors (Lipinski definition) is 1. The number of aryl methyl sites for hydroxylation is 1. The van der Waals surface area contributed by atoms with Crippen LogP contribution in [0.5, 0.6) is 0 Å². The fraction of sp³-hybridized carbons (Fsp3) is 0.400. The minimum atomic E-state index is 0.402. The first-order valence-electron chi connectivity index (χ1n) is 4.08. The average Bonchev–Trinajstić information content (AvgIpc) is 2.08. The molecule has 0 bridgehead atoms. The molecule has 0 saturated carbocycles. The zero-order valence-electron chi connectivity index (χ0n) is 7.69. The predicted octanol–water partition coefficient (Wildman–Crippen LogP) is 3.04. The number of halogens is 1. The van der Waals surface area contributed by atoms with Crippen LogP contribution in [0, 0.1) is 6.92 Å². The molecule has 12 heavy (non-hydrogen) atoms. The summed E-state index contributed by atoms with van der Waals surface area (Å²) in [5.41, 5.74) is 2.62. The molecule has 2 heteroatoms. The van der Waals surface area contributed by atoms with Crippen LogP contribution in [0.2, 0.25) is 0 Å². The summed E-state index contributed by atoms with van der Waals surface area (Å²) in [6.07, 6.45) is 0. The van der Waals surface area contributed by atoms with E-state index in [0.717, 1.165) is 0 Å². The summed E-state index contributed by atoms with van der Waals surface area (Å²) in [4.78, 5) is 0. The molecule has 1 atom stereocenters. The SMILES string of the molecule is CNC(C)c1cc(C)ccc1Br. The van der Waals surface area contributed by atoms with E-state index in [0.29, 0.717) is 6.04 Å². The molecule has 0 aliphatic rings. The Hall–Kier alpha value is -0.340. The molecule has 1 nitrogen and oxygen atoms in total. The van der Waals surface area contributed by atoms with Gasteiger partial charge in [-0.05, 0) is 32.5 Å². The van der Waals surface area contributed by atoms with Crippen LogP contribution in [0.25, 0.3) is 0 Å². The van der Waals surface area contributed by atoms with Crippen molar-refractivity contribution in [1.82, 2.24) is 5.32 Å². The summed E-state index contributed by atoms with van der Waals surface area (Å²) >= 11 is 3.53. The lowest BCUT2D eigenvalue weighted by Crippen LogP contribution is -2.12. The van der Waals surface area contributed by atoms with Crippen LogP contribution in [0.3, 0.4) is 0 Å². The molecule has 0 aliphatic carbocycles. The van der Waals surface area contributed by atoms with E-state index in [1.165, 1.54) is 15.6 Å². The van der Waals surface area contributed by atoms with Crippen LogP contribution >= 0.6 is 15.9 Å². The highest BCUT2D eigenvalue weighted by molar-refractivity contribution is 9.10. The van der Waals surface area contributed by atoms with Gasteiger partial charge in [0.25, 0.3) is 0 Å². The summed E-state index contributed by atoms with van der Waals surface area (Å²) in [5, 5.41) is 3.22. The quantitative estimate of drug-likeness (QED) is 0.820. The zero-order valence-corrected chi connectivity index (χ0v) is 9.27. The lowest BCUT2D eigenvalue weighted by atomic mass is 10.1. The van der Waals surface area contributed by atoms with Crippen LogP contribution in [0.4, 0.5) is 0 Å². The minimum absolute atomic E-state index is 0.402. The van der Waals surface area contributed by atoms with Gasteiger partial charge in [0.15, 0.2) is 0 Å². The standard InChI is InChI=1S/C10H14BrN/c1-7-4-5-10(11)9(6-7)8(2)12-3/h4-6,8,12H,1-3H3. The molecule has 66 valence electrons. The topological polar surface area (TPSA) is 12.0 Å². The third-order valence-corrected chi connectivity index (χ3v) is 2.77. The summed E-state index contributed by atoms with van der Waals surface area (Å²) in [7, 11) is 1.97. The van der Waals surface area contributed by atoms with E-state index in [9.17, 15) is 0 Å². The second-order valence-electron chi connectivity index (χ2n) is 3.04. The van der Waals surface area contributed by atoms with Crippen molar-refractivity contribution in [2.75, 3.05) is 7.05 Å². The molecule has 0 heterocycles. The molecule has 0 amide bonds. The van der Waals surface area contributed by atoms with Gasteiger partial charge in [0.05, 0.1) is 0 Å². The maximum Gasteiger partial charge on any atom is 0.0300 e. The number of rotatable bonds is 2. The largest absolute Gasteiger partial charge is 0.313 e. The number of nitrogens with one attached hydrogen (secondary N) is 1. The van der Waals surface area contributed by atoms with E-state index in [4.69, 9.17) is 0 Å². The van der Waals surface area contributed by atoms with E-state index in [-0.39, 0.29) is 0 Å². The molecular weight excluding hydrogens is 214 g/mol. The van der Waals surface area contributed by atoms with Gasteiger partial charge in [-0.1, -0.05) is 33.6 Å². The maximum atomic E-state index is 3.53. The first kappa shape index (κ1) is 9.75. The average molecular weight is 228 g/mol. The normalized spacial score (nSPS) is 13.0. The van der Waals surface area contributed by atoms with Crippen molar-refractivity contribution in [3.05, 3.63) is 33.8 Å². The molecule has 1 N–H and O–H groups in total. The third kappa shape index (κ3) is 2.08. The minimum Gasteiger partial charge on any atom is -0.313 e. The molecule has 0 aromatic heterocycles. The summed E-state index contributed by atoms with van der Waals surface area (Å²) in [5.74, 6) is 0. The Morgan fingerprint density at radius 1 is 1.42 bits per heavy atom. The molecule has 0 fully saturated rings. The van der Waals surface area contributed by atoms with Crippen molar-refractivity contribution < 1.29 is 0 Å². The van der Waals surface area contributed by atoms with Crippen LogP contribution in [-0.4, -0.2) is 7.05 Å². The highest BCUT2D eigenvalue weighted by Crippen LogP contribution is 2.23. The molecule has 0 aliphatic heterocycles. The van der Waals surface area contributed by atoms with Crippen LogP contribution in [0.15, 0.2) is 22.7 Å². The van der Waals surface area contributed by atoms with Crippen molar-refractivity contribution in [2.24, 2.45) is 0 Å². The van der Waals surface area contributed by atoms with E-state index in [1.807, 2.05) is 7.05 Å². The van der Waals surface area contributed by atoms with Crippen LogP contribution in [0.1, 0.15) is 24.1 Å². The van der Waals surface area contributed by atoms with Gasteiger partial charge in [-0.2, -0.15) is 0 Å². The van der Waals surface area contributed by atoms with Gasteiger partial charge in [-0.3, -0.25) is 0 Å². The van der Waals surface area contributed by atoms with Crippen molar-refractivity contribution in [3.63, 3.8) is 0 Å². The Labute approximate surface area is 82.3 Å². The second-order valence-corrected chi connectivity index (χ2v) is 3.89. The molecule has 0 spiro atoms. The molecule has 1 aromatic rings. The van der Waals surface area contributed by atoms with E-state index in [1.54, 1.807) is 0 Å². The van der Waals surface area contributed by atoms with Crippen molar-refractivity contribution in [3.8, 4) is 0 Å². The molecule has 1 aromatic carbocycles. The van der Waals surface area contributed by atoms with Crippen molar-refractivity contribution in [1.29, 1.82) is 0 Å². The first-order valence-corrected chi connectivity index (χ1v) is 4.87. The van der Waals surface area contributed by atoms with Gasteiger partial charge in [-0.15, -0.1) is 0 Å². The lowest BCUT2D eigenvalue weighted by molar-refractivity contribution is 0.649. The Bertz CT molecular complexity index is 271. The van der Waals surface area contributed by atoms with Gasteiger partial charge in [-0.25, -0.2) is 0 Å². The van der Waals surface area contributed by atoms with Gasteiger partial charge < -0.3 is 5.32 Å². The first-order chi connectivity index (χ1) is 5.65. The van der Waals surface area contributed by atoms with Gasteiger partial charge >= 0.3 is 0 Å². The Morgan fingerprint density at radius 3 is 2.67 bits per heavy atom.